The fourth-order valence-electron chi connectivity index (χ4n) is 2.94. The summed E-state index contributed by atoms with van der Waals surface area (Å²) in [6.45, 7) is 0.566. The molecule has 2 aromatic heterocycles. The van der Waals surface area contributed by atoms with Crippen molar-refractivity contribution in [3.63, 3.8) is 0 Å². The summed E-state index contributed by atoms with van der Waals surface area (Å²) in [6, 6.07) is 9.07. The Morgan fingerprint density at radius 2 is 1.78 bits per heavy atom. The summed E-state index contributed by atoms with van der Waals surface area (Å²) in [6.07, 6.45) is 1.49. The Labute approximate surface area is 157 Å². The number of anilines is 1. The van der Waals surface area contributed by atoms with Gasteiger partial charge in [-0.05, 0) is 49.7 Å². The van der Waals surface area contributed by atoms with E-state index in [1.54, 1.807) is 14.2 Å². The average Bonchev–Trinajstić information content (AvgIpc) is 2.70. The molecule has 6 N–H and O–H groups in total. The lowest BCUT2D eigenvalue weighted by atomic mass is 10.1. The van der Waals surface area contributed by atoms with Crippen LogP contribution in [0.4, 0.5) is 5.95 Å². The first-order valence-electron chi connectivity index (χ1n) is 8.69. The fourth-order valence-corrected chi connectivity index (χ4v) is 2.94. The summed E-state index contributed by atoms with van der Waals surface area (Å²) in [5, 5.41) is 0. The molecule has 0 saturated heterocycles. The van der Waals surface area contributed by atoms with Crippen molar-refractivity contribution in [1.82, 2.24) is 15.0 Å². The van der Waals surface area contributed by atoms with Gasteiger partial charge in [0.05, 0.1) is 31.1 Å². The number of ether oxygens (including phenoxy) is 2. The number of aromatic nitrogens is 3. The van der Waals surface area contributed by atoms with Crippen LogP contribution in [0.15, 0.2) is 30.3 Å². The van der Waals surface area contributed by atoms with Gasteiger partial charge in [-0.15, -0.1) is 0 Å². The van der Waals surface area contributed by atoms with Crippen LogP contribution in [0.5, 0.6) is 11.5 Å². The van der Waals surface area contributed by atoms with E-state index in [0.29, 0.717) is 41.2 Å². The minimum atomic E-state index is -0.311. The van der Waals surface area contributed by atoms with Crippen LogP contribution in [-0.4, -0.2) is 35.7 Å². The lowest BCUT2D eigenvalue weighted by Crippen LogP contribution is -2.16. The Morgan fingerprint density at radius 3 is 2.48 bits per heavy atom. The molecule has 0 saturated carbocycles. The standard InChI is InChI=1S/C19H24N6O2/c1-26-15-8-5-11(10-16(15)27-2)13-6-7-14-18(23-13)17(25-19(22)24-14)12(21)4-3-9-20/h5-8,10,12H,3-4,9,20-21H2,1-2H3,(H2,22,24,25). The van der Waals surface area contributed by atoms with Crippen molar-refractivity contribution in [2.45, 2.75) is 18.9 Å². The third-order valence-electron chi connectivity index (χ3n) is 4.34. The molecule has 3 aromatic rings. The molecule has 1 unspecified atom stereocenters. The second-order valence-corrected chi connectivity index (χ2v) is 6.14. The van der Waals surface area contributed by atoms with Gasteiger partial charge in [-0.3, -0.25) is 0 Å². The predicted molar refractivity (Wildman–Crippen MR) is 106 cm³/mol. The molecule has 3 rings (SSSR count). The number of nitrogens with zero attached hydrogens (tertiary/aromatic N) is 3. The largest absolute Gasteiger partial charge is 0.493 e. The summed E-state index contributed by atoms with van der Waals surface area (Å²) < 4.78 is 10.7. The van der Waals surface area contributed by atoms with Crippen LogP contribution in [0.1, 0.15) is 24.6 Å². The van der Waals surface area contributed by atoms with Gasteiger partial charge >= 0.3 is 0 Å². The summed E-state index contributed by atoms with van der Waals surface area (Å²) >= 11 is 0. The SMILES string of the molecule is COc1ccc(-c2ccc3nc(N)nc(C(N)CCCN)c3n2)cc1OC. The molecule has 0 radical (unpaired) electrons. The first kappa shape index (κ1) is 18.8. The predicted octanol–water partition coefficient (Wildman–Crippen LogP) is 2.03. The normalized spacial score (nSPS) is 12.1. The van der Waals surface area contributed by atoms with E-state index in [9.17, 15) is 0 Å². The highest BCUT2D eigenvalue weighted by Gasteiger charge is 2.16. The second kappa shape index (κ2) is 8.15. The fraction of sp³-hybridized carbons (Fsp3) is 0.316. The molecular weight excluding hydrogens is 344 g/mol. The molecule has 0 aliphatic carbocycles. The van der Waals surface area contributed by atoms with E-state index >= 15 is 0 Å². The Morgan fingerprint density at radius 1 is 1.00 bits per heavy atom. The maximum absolute atomic E-state index is 6.31. The van der Waals surface area contributed by atoms with Gasteiger partial charge in [0.15, 0.2) is 11.5 Å². The molecule has 8 heteroatoms. The van der Waals surface area contributed by atoms with Gasteiger partial charge in [0.1, 0.15) is 5.52 Å². The van der Waals surface area contributed by atoms with Gasteiger partial charge in [-0.1, -0.05) is 0 Å². The monoisotopic (exact) mass is 368 g/mol. The van der Waals surface area contributed by atoms with Crippen LogP contribution in [0.3, 0.4) is 0 Å². The maximum atomic E-state index is 6.31. The number of fused-ring (bicyclic) bond motifs is 1. The second-order valence-electron chi connectivity index (χ2n) is 6.14. The Balaban J connectivity index is 2.10. The van der Waals surface area contributed by atoms with Crippen molar-refractivity contribution < 1.29 is 9.47 Å². The first-order chi connectivity index (χ1) is 13.1. The number of methoxy groups -OCH3 is 2. The van der Waals surface area contributed by atoms with Crippen LogP contribution in [0.25, 0.3) is 22.3 Å². The molecule has 0 aliphatic heterocycles. The minimum absolute atomic E-state index is 0.182. The first-order valence-corrected chi connectivity index (χ1v) is 8.69. The Kier molecular flexibility index (Phi) is 5.68. The van der Waals surface area contributed by atoms with Crippen LogP contribution >= 0.6 is 0 Å². The van der Waals surface area contributed by atoms with E-state index < -0.39 is 0 Å². The van der Waals surface area contributed by atoms with Gasteiger partial charge < -0.3 is 26.7 Å². The van der Waals surface area contributed by atoms with Crippen molar-refractivity contribution in [2.24, 2.45) is 11.5 Å². The lowest BCUT2D eigenvalue weighted by molar-refractivity contribution is 0.355. The van der Waals surface area contributed by atoms with Crippen LogP contribution in [0, 0.1) is 0 Å². The van der Waals surface area contributed by atoms with E-state index in [1.807, 2.05) is 30.3 Å². The maximum Gasteiger partial charge on any atom is 0.220 e. The smallest absolute Gasteiger partial charge is 0.220 e. The topological polar surface area (TPSA) is 135 Å². The number of pyridine rings is 1. The molecule has 0 spiro atoms. The third-order valence-corrected chi connectivity index (χ3v) is 4.34. The van der Waals surface area contributed by atoms with Crippen molar-refractivity contribution in [2.75, 3.05) is 26.5 Å². The number of benzene rings is 1. The zero-order chi connectivity index (χ0) is 19.4. The number of hydrogen-bond acceptors (Lipinski definition) is 8. The quantitative estimate of drug-likeness (QED) is 0.576. The molecule has 8 nitrogen and oxygen atoms in total. The molecule has 1 aromatic carbocycles. The average molecular weight is 368 g/mol. The highest BCUT2D eigenvalue weighted by Crippen LogP contribution is 2.32. The van der Waals surface area contributed by atoms with E-state index in [-0.39, 0.29) is 12.0 Å². The van der Waals surface area contributed by atoms with Crippen molar-refractivity contribution >= 4 is 17.0 Å². The number of hydrogen-bond donors (Lipinski definition) is 3. The molecule has 27 heavy (non-hydrogen) atoms. The molecular formula is C19H24N6O2. The summed E-state index contributed by atoms with van der Waals surface area (Å²) in [7, 11) is 3.20. The van der Waals surface area contributed by atoms with Gasteiger partial charge in [-0.2, -0.15) is 0 Å². The molecule has 142 valence electrons. The van der Waals surface area contributed by atoms with Gasteiger partial charge in [0.25, 0.3) is 0 Å². The number of rotatable bonds is 7. The van der Waals surface area contributed by atoms with Gasteiger partial charge in [-0.25, -0.2) is 15.0 Å². The van der Waals surface area contributed by atoms with E-state index in [1.165, 1.54) is 0 Å². The van der Waals surface area contributed by atoms with Crippen LogP contribution < -0.4 is 26.7 Å². The van der Waals surface area contributed by atoms with Crippen molar-refractivity contribution in [3.05, 3.63) is 36.0 Å². The minimum Gasteiger partial charge on any atom is -0.493 e. The van der Waals surface area contributed by atoms with Crippen molar-refractivity contribution in [1.29, 1.82) is 0 Å². The molecule has 1 atom stereocenters. The van der Waals surface area contributed by atoms with Gasteiger partial charge in [0.2, 0.25) is 5.95 Å². The third kappa shape index (κ3) is 3.91. The summed E-state index contributed by atoms with van der Waals surface area (Å²) in [4.78, 5) is 13.4. The zero-order valence-electron chi connectivity index (χ0n) is 15.5. The van der Waals surface area contributed by atoms with Crippen molar-refractivity contribution in [3.8, 4) is 22.8 Å². The van der Waals surface area contributed by atoms with Gasteiger partial charge in [0, 0.05) is 11.6 Å². The molecule has 0 fully saturated rings. The molecule has 0 bridgehead atoms. The molecule has 0 amide bonds. The number of nitrogen functional groups attached to an aromatic ring is 1. The van der Waals surface area contributed by atoms with Crippen LogP contribution in [0.2, 0.25) is 0 Å². The molecule has 0 aliphatic rings. The summed E-state index contributed by atoms with van der Waals surface area (Å²) in [5.41, 5.74) is 21.3. The molecule has 2 heterocycles. The Hall–Kier alpha value is -2.97. The lowest BCUT2D eigenvalue weighted by Gasteiger charge is -2.14. The van der Waals surface area contributed by atoms with E-state index in [0.717, 1.165) is 17.7 Å². The number of nitrogens with two attached hydrogens (primary N) is 3. The zero-order valence-corrected chi connectivity index (χ0v) is 15.5. The summed E-state index contributed by atoms with van der Waals surface area (Å²) in [5.74, 6) is 1.47. The Bertz CT molecular complexity index is 947. The highest BCUT2D eigenvalue weighted by atomic mass is 16.5. The van der Waals surface area contributed by atoms with E-state index in [2.05, 4.69) is 9.97 Å². The van der Waals surface area contributed by atoms with Crippen LogP contribution in [-0.2, 0) is 0 Å². The highest BCUT2D eigenvalue weighted by molar-refractivity contribution is 5.81. The van der Waals surface area contributed by atoms with E-state index in [4.69, 9.17) is 31.7 Å².